The second kappa shape index (κ2) is 10.7. The van der Waals surface area contributed by atoms with Crippen molar-refractivity contribution in [3.63, 3.8) is 0 Å². The smallest absolute Gasteiger partial charge is 0.295 e. The Morgan fingerprint density at radius 2 is 1.77 bits per heavy atom. The van der Waals surface area contributed by atoms with E-state index in [1.165, 1.54) is 30.5 Å². The van der Waals surface area contributed by atoms with Gasteiger partial charge in [0.25, 0.3) is 11.7 Å². The number of likely N-dealkylation sites (tertiary alicyclic amines) is 1. The van der Waals surface area contributed by atoms with Crippen LogP contribution in [0.25, 0.3) is 5.76 Å². The van der Waals surface area contributed by atoms with E-state index in [4.69, 9.17) is 14.2 Å². The third kappa shape index (κ3) is 4.88. The number of rotatable bonds is 9. The third-order valence-corrected chi connectivity index (χ3v) is 6.63. The Morgan fingerprint density at radius 1 is 1.03 bits per heavy atom. The van der Waals surface area contributed by atoms with Crippen LogP contribution in [0.3, 0.4) is 0 Å². The van der Waals surface area contributed by atoms with Crippen LogP contribution >= 0.6 is 11.3 Å². The zero-order valence-electron chi connectivity index (χ0n) is 19.8. The van der Waals surface area contributed by atoms with Crippen molar-refractivity contribution in [2.45, 2.75) is 25.9 Å². The summed E-state index contributed by atoms with van der Waals surface area (Å²) in [5.74, 6) is 0.0166. The minimum atomic E-state index is -0.798. The number of hydrogen-bond acceptors (Lipinski definition) is 7. The first-order valence-electron chi connectivity index (χ1n) is 11.2. The molecule has 1 aliphatic heterocycles. The Hall–Kier alpha value is -3.78. The fourth-order valence-electron chi connectivity index (χ4n) is 4.07. The Kier molecular flexibility index (Phi) is 7.41. The summed E-state index contributed by atoms with van der Waals surface area (Å²) in [4.78, 5) is 28.8. The lowest BCUT2D eigenvalue weighted by Gasteiger charge is -2.25. The molecule has 1 unspecified atom stereocenters. The third-order valence-electron chi connectivity index (χ3n) is 5.77. The molecule has 1 atom stereocenters. The highest BCUT2D eigenvalue weighted by Crippen LogP contribution is 2.43. The van der Waals surface area contributed by atoms with Gasteiger partial charge in [-0.1, -0.05) is 19.1 Å². The molecule has 0 aliphatic carbocycles. The monoisotopic (exact) mass is 493 g/mol. The molecule has 3 aromatic rings. The lowest BCUT2D eigenvalue weighted by molar-refractivity contribution is -0.140. The molecule has 0 radical (unpaired) electrons. The number of benzene rings is 2. The van der Waals surface area contributed by atoms with E-state index in [-0.39, 0.29) is 17.9 Å². The molecule has 35 heavy (non-hydrogen) atoms. The molecule has 1 amide bonds. The molecule has 8 heteroatoms. The zero-order valence-corrected chi connectivity index (χ0v) is 20.6. The van der Waals surface area contributed by atoms with E-state index in [1.54, 1.807) is 42.5 Å². The van der Waals surface area contributed by atoms with Gasteiger partial charge in [-0.3, -0.25) is 9.59 Å². The molecule has 2 aromatic carbocycles. The van der Waals surface area contributed by atoms with E-state index < -0.39 is 17.7 Å². The van der Waals surface area contributed by atoms with Crippen LogP contribution in [0.1, 0.15) is 35.4 Å². The number of amides is 1. The number of nitrogens with zero attached hydrogens (tertiary/aromatic N) is 1. The van der Waals surface area contributed by atoms with Gasteiger partial charge < -0.3 is 24.2 Å². The number of Topliss-reactive ketones (excluding diaryl/α,β-unsaturated/α-hetero) is 1. The minimum absolute atomic E-state index is 0.0287. The van der Waals surface area contributed by atoms with Crippen molar-refractivity contribution in [3.05, 3.63) is 81.6 Å². The molecule has 1 aliphatic rings. The van der Waals surface area contributed by atoms with Crippen LogP contribution in [-0.2, 0) is 16.1 Å². The van der Waals surface area contributed by atoms with Crippen molar-refractivity contribution in [1.82, 2.24) is 4.90 Å². The number of carbonyl (C=O) groups excluding carboxylic acids is 2. The number of aliphatic hydroxyl groups excluding tert-OH is 1. The maximum atomic E-state index is 13.2. The molecule has 1 N–H and O–H groups in total. The standard InChI is InChI=1S/C27H27NO6S/c1-4-13-34-19-10-7-17(8-11-19)25(29)23-24(18-9-12-21(32-2)22(15-18)33-3)28(27(31)26(23)30)16-20-6-5-14-35-20/h5-12,14-15,24,29H,4,13,16H2,1-3H3/b25-23-. The maximum absolute atomic E-state index is 13.2. The number of thiophene rings is 1. The molecule has 1 aromatic heterocycles. The number of methoxy groups -OCH3 is 2. The fraction of sp³-hybridized carbons (Fsp3) is 0.259. The molecular weight excluding hydrogens is 466 g/mol. The molecule has 0 bridgehead atoms. The van der Waals surface area contributed by atoms with Crippen LogP contribution in [0.5, 0.6) is 17.2 Å². The molecule has 182 valence electrons. The SMILES string of the molecule is CCCOc1ccc(/C(O)=C2/C(=O)C(=O)N(Cc3cccs3)C2c2ccc(OC)c(OC)c2)cc1. The van der Waals surface area contributed by atoms with Crippen LogP contribution in [0.15, 0.2) is 65.6 Å². The van der Waals surface area contributed by atoms with Gasteiger partial charge in [-0.15, -0.1) is 11.3 Å². The van der Waals surface area contributed by atoms with Crippen molar-refractivity contribution in [1.29, 1.82) is 0 Å². The number of carbonyl (C=O) groups is 2. The fourth-order valence-corrected chi connectivity index (χ4v) is 4.77. The van der Waals surface area contributed by atoms with Gasteiger partial charge in [0, 0.05) is 10.4 Å². The second-order valence-electron chi connectivity index (χ2n) is 7.99. The van der Waals surface area contributed by atoms with Crippen LogP contribution < -0.4 is 14.2 Å². The number of hydrogen-bond donors (Lipinski definition) is 1. The van der Waals surface area contributed by atoms with E-state index in [0.717, 1.165) is 11.3 Å². The molecule has 2 heterocycles. The minimum Gasteiger partial charge on any atom is -0.507 e. The van der Waals surface area contributed by atoms with Gasteiger partial charge in [0.15, 0.2) is 11.5 Å². The Balaban J connectivity index is 1.82. The van der Waals surface area contributed by atoms with Gasteiger partial charge in [-0.25, -0.2) is 0 Å². The average molecular weight is 494 g/mol. The molecule has 1 fully saturated rings. The first-order valence-corrected chi connectivity index (χ1v) is 12.1. The normalized spacial score (nSPS) is 17.0. The predicted molar refractivity (Wildman–Crippen MR) is 134 cm³/mol. The molecule has 7 nitrogen and oxygen atoms in total. The van der Waals surface area contributed by atoms with Gasteiger partial charge >= 0.3 is 0 Å². The van der Waals surface area contributed by atoms with E-state index in [9.17, 15) is 14.7 Å². The van der Waals surface area contributed by atoms with Crippen molar-refractivity contribution in [2.24, 2.45) is 0 Å². The van der Waals surface area contributed by atoms with E-state index in [1.807, 2.05) is 24.4 Å². The maximum Gasteiger partial charge on any atom is 0.295 e. The highest BCUT2D eigenvalue weighted by Gasteiger charge is 2.46. The Labute approximate surface area is 208 Å². The van der Waals surface area contributed by atoms with Crippen molar-refractivity contribution < 1.29 is 28.9 Å². The highest BCUT2D eigenvalue weighted by atomic mass is 32.1. The van der Waals surface area contributed by atoms with Crippen molar-refractivity contribution in [2.75, 3.05) is 20.8 Å². The summed E-state index contributed by atoms with van der Waals surface area (Å²) in [6.07, 6.45) is 0.876. The van der Waals surface area contributed by atoms with Crippen molar-refractivity contribution in [3.8, 4) is 17.2 Å². The first kappa shape index (κ1) is 24.3. The van der Waals surface area contributed by atoms with Crippen LogP contribution in [0.4, 0.5) is 0 Å². The lowest BCUT2D eigenvalue weighted by atomic mass is 9.95. The van der Waals surface area contributed by atoms with E-state index >= 15 is 0 Å². The largest absolute Gasteiger partial charge is 0.507 e. The van der Waals surface area contributed by atoms with Gasteiger partial charge in [-0.05, 0) is 59.8 Å². The van der Waals surface area contributed by atoms with Gasteiger partial charge in [-0.2, -0.15) is 0 Å². The number of aliphatic hydroxyl groups is 1. The van der Waals surface area contributed by atoms with Crippen LogP contribution in [0, 0.1) is 0 Å². The van der Waals surface area contributed by atoms with Crippen molar-refractivity contribution >= 4 is 28.8 Å². The summed E-state index contributed by atoms with van der Waals surface area (Å²) in [7, 11) is 3.06. The number of ether oxygens (including phenoxy) is 3. The highest BCUT2D eigenvalue weighted by molar-refractivity contribution is 7.09. The quantitative estimate of drug-likeness (QED) is 0.251. The lowest BCUT2D eigenvalue weighted by Crippen LogP contribution is -2.28. The topological polar surface area (TPSA) is 85.3 Å². The van der Waals surface area contributed by atoms with Gasteiger partial charge in [0.1, 0.15) is 11.5 Å². The average Bonchev–Trinajstić information content (AvgIpc) is 3.49. The Bertz CT molecular complexity index is 1230. The summed E-state index contributed by atoms with van der Waals surface area (Å²) in [6, 6.07) is 15.1. The van der Waals surface area contributed by atoms with Gasteiger partial charge in [0.2, 0.25) is 0 Å². The van der Waals surface area contributed by atoms with Crippen LogP contribution in [0.2, 0.25) is 0 Å². The second-order valence-corrected chi connectivity index (χ2v) is 9.03. The van der Waals surface area contributed by atoms with Crippen LogP contribution in [-0.4, -0.2) is 42.5 Å². The van der Waals surface area contributed by atoms with Gasteiger partial charge in [0.05, 0.1) is 39.0 Å². The molecule has 4 rings (SSSR count). The van der Waals surface area contributed by atoms with E-state index in [0.29, 0.717) is 35.0 Å². The summed E-state index contributed by atoms with van der Waals surface area (Å²) >= 11 is 1.50. The number of ketones is 1. The molecule has 0 saturated carbocycles. The summed E-state index contributed by atoms with van der Waals surface area (Å²) in [6.45, 7) is 2.84. The van der Waals surface area contributed by atoms with E-state index in [2.05, 4.69) is 0 Å². The first-order chi connectivity index (χ1) is 17.0. The summed E-state index contributed by atoms with van der Waals surface area (Å²) < 4.78 is 16.4. The summed E-state index contributed by atoms with van der Waals surface area (Å²) in [5.41, 5.74) is 1.08. The molecular formula is C27H27NO6S. The predicted octanol–water partition coefficient (Wildman–Crippen LogP) is 5.18. The summed E-state index contributed by atoms with van der Waals surface area (Å²) in [5, 5.41) is 13.2. The Morgan fingerprint density at radius 3 is 2.40 bits per heavy atom. The zero-order chi connectivity index (χ0) is 24.9. The molecule has 1 saturated heterocycles. The molecule has 0 spiro atoms.